The number of carbonyl (C=O) groups excluding carboxylic acids is 5. The number of piperidine rings is 2. The number of fused-ring (bicyclic) bond motifs is 1. The zero-order valence-electron chi connectivity index (χ0n) is 31.1. The minimum Gasteiger partial charge on any atom is -0.509 e. The van der Waals surface area contributed by atoms with E-state index in [0.717, 1.165) is 30.5 Å². The van der Waals surface area contributed by atoms with Gasteiger partial charge in [-0.1, -0.05) is 35.8 Å². The van der Waals surface area contributed by atoms with Crippen molar-refractivity contribution in [3.8, 4) is 5.75 Å². The fourth-order valence-electron chi connectivity index (χ4n) is 8.01. The highest BCUT2D eigenvalue weighted by molar-refractivity contribution is 6.34. The SMILES string of the molecule is [B]c1cc(C[C@@H](OC(=O)N2CCC(N3CCc4ccccc4NC3=O)CC2)C(=O)N2CCN(C3CCN(C(=O)CCC(=O)OCC)CC3)CC2)ccc1O. The number of phenolic OH excluding ortho intramolecular Hbond substituents is 1. The first-order valence-electron chi connectivity index (χ1n) is 19.2. The number of para-hydroxylation sites is 1. The number of carbonyl (C=O) groups is 5. The predicted octanol–water partition coefficient (Wildman–Crippen LogP) is 2.27. The number of nitrogens with one attached hydrogen (secondary N) is 1. The first kappa shape index (κ1) is 38.9. The largest absolute Gasteiger partial charge is 0.509 e. The molecule has 3 saturated heterocycles. The Hall–Kier alpha value is -4.79. The summed E-state index contributed by atoms with van der Waals surface area (Å²) in [6.07, 6.45) is 2.23. The number of nitrogens with zero attached hydrogens (tertiary/aromatic N) is 5. The molecule has 288 valence electrons. The monoisotopic (exact) mass is 742 g/mol. The van der Waals surface area contributed by atoms with E-state index in [1.807, 2.05) is 34.1 Å². The van der Waals surface area contributed by atoms with E-state index < -0.39 is 12.2 Å². The van der Waals surface area contributed by atoms with Crippen LogP contribution in [0.5, 0.6) is 5.75 Å². The van der Waals surface area contributed by atoms with E-state index in [2.05, 4.69) is 10.2 Å². The van der Waals surface area contributed by atoms with Crippen molar-refractivity contribution in [3.05, 3.63) is 53.6 Å². The van der Waals surface area contributed by atoms with Crippen molar-refractivity contribution in [2.75, 3.05) is 70.8 Å². The van der Waals surface area contributed by atoms with E-state index in [-0.39, 0.29) is 66.4 Å². The van der Waals surface area contributed by atoms with Crippen molar-refractivity contribution >= 4 is 48.9 Å². The maximum atomic E-state index is 14.0. The molecule has 4 aliphatic rings. The molecular weight excluding hydrogens is 691 g/mol. The summed E-state index contributed by atoms with van der Waals surface area (Å²) in [5, 5.41) is 13.0. The normalized spacial score (nSPS) is 19.4. The Morgan fingerprint density at radius 3 is 2.24 bits per heavy atom. The third-order valence-corrected chi connectivity index (χ3v) is 11.1. The highest BCUT2D eigenvalue weighted by Crippen LogP contribution is 2.26. The quantitative estimate of drug-likeness (QED) is 0.276. The third-order valence-electron chi connectivity index (χ3n) is 11.1. The van der Waals surface area contributed by atoms with Crippen molar-refractivity contribution in [3.63, 3.8) is 0 Å². The lowest BCUT2D eigenvalue weighted by molar-refractivity contribution is -0.146. The van der Waals surface area contributed by atoms with Crippen molar-refractivity contribution in [2.24, 2.45) is 0 Å². The number of amides is 5. The summed E-state index contributed by atoms with van der Waals surface area (Å²) in [4.78, 5) is 74.5. The topological polar surface area (TPSA) is 152 Å². The lowest BCUT2D eigenvalue weighted by atomic mass is 9.91. The number of likely N-dealkylation sites (tertiary alicyclic amines) is 2. The van der Waals surface area contributed by atoms with Gasteiger partial charge in [0.1, 0.15) is 13.6 Å². The number of aromatic hydroxyl groups is 1. The Morgan fingerprint density at radius 1 is 0.852 bits per heavy atom. The fourth-order valence-corrected chi connectivity index (χ4v) is 8.01. The van der Waals surface area contributed by atoms with Gasteiger partial charge in [0.05, 0.1) is 13.0 Å². The molecule has 0 unspecified atom stereocenters. The molecule has 15 heteroatoms. The number of anilines is 1. The summed E-state index contributed by atoms with van der Waals surface area (Å²) in [5.74, 6) is -0.739. The van der Waals surface area contributed by atoms with Crippen LogP contribution in [0.2, 0.25) is 0 Å². The predicted molar refractivity (Wildman–Crippen MR) is 202 cm³/mol. The molecule has 0 saturated carbocycles. The van der Waals surface area contributed by atoms with Gasteiger partial charge >= 0.3 is 18.1 Å². The van der Waals surface area contributed by atoms with Gasteiger partial charge in [-0.25, -0.2) is 9.59 Å². The number of hydrogen-bond acceptors (Lipinski definition) is 9. The Bertz CT molecular complexity index is 1670. The summed E-state index contributed by atoms with van der Waals surface area (Å²) in [6.45, 7) is 6.91. The van der Waals surface area contributed by atoms with Crippen molar-refractivity contribution < 1.29 is 38.6 Å². The van der Waals surface area contributed by atoms with E-state index in [1.54, 1.807) is 28.9 Å². The van der Waals surface area contributed by atoms with E-state index in [1.165, 1.54) is 6.07 Å². The molecule has 2 N–H and O–H groups in total. The van der Waals surface area contributed by atoms with Crippen LogP contribution in [-0.4, -0.2) is 151 Å². The number of ether oxygens (including phenoxy) is 2. The van der Waals surface area contributed by atoms with Gasteiger partial charge in [0.2, 0.25) is 5.91 Å². The minimum absolute atomic E-state index is 0.0268. The van der Waals surface area contributed by atoms with Gasteiger partial charge in [-0.3, -0.25) is 19.3 Å². The molecule has 2 aromatic rings. The van der Waals surface area contributed by atoms with Crippen LogP contribution >= 0.6 is 0 Å². The van der Waals surface area contributed by atoms with Crippen LogP contribution < -0.4 is 10.8 Å². The second kappa shape index (κ2) is 18.0. The molecule has 4 heterocycles. The van der Waals surface area contributed by atoms with E-state index in [0.29, 0.717) is 83.9 Å². The van der Waals surface area contributed by atoms with Gasteiger partial charge in [0, 0.05) is 89.5 Å². The maximum absolute atomic E-state index is 14.0. The average molecular weight is 743 g/mol. The molecule has 0 bridgehead atoms. The van der Waals surface area contributed by atoms with Crippen LogP contribution in [0.1, 0.15) is 56.6 Å². The second-order valence-corrected chi connectivity index (χ2v) is 14.5. The van der Waals surface area contributed by atoms with E-state index in [9.17, 15) is 29.1 Å². The first-order chi connectivity index (χ1) is 26.1. The summed E-state index contributed by atoms with van der Waals surface area (Å²) >= 11 is 0. The zero-order valence-corrected chi connectivity index (χ0v) is 31.1. The Morgan fingerprint density at radius 2 is 1.54 bits per heavy atom. The maximum Gasteiger partial charge on any atom is 0.410 e. The van der Waals surface area contributed by atoms with Crippen molar-refractivity contribution in [2.45, 2.75) is 76.5 Å². The van der Waals surface area contributed by atoms with Gasteiger partial charge in [0.25, 0.3) is 5.91 Å². The molecule has 6 rings (SSSR count). The minimum atomic E-state index is -1.09. The number of hydrogen-bond donors (Lipinski definition) is 2. The molecule has 0 spiro atoms. The Kier molecular flexibility index (Phi) is 13.0. The molecule has 1 atom stereocenters. The molecule has 3 fully saturated rings. The van der Waals surface area contributed by atoms with E-state index in [4.69, 9.17) is 17.3 Å². The lowest BCUT2D eigenvalue weighted by Crippen LogP contribution is -2.57. The molecule has 54 heavy (non-hydrogen) atoms. The number of rotatable bonds is 10. The highest BCUT2D eigenvalue weighted by atomic mass is 16.6. The van der Waals surface area contributed by atoms with Crippen LogP contribution in [0.15, 0.2) is 42.5 Å². The van der Waals surface area contributed by atoms with Gasteiger partial charge in [-0.2, -0.15) is 0 Å². The molecule has 14 nitrogen and oxygen atoms in total. The number of benzene rings is 2. The van der Waals surface area contributed by atoms with Crippen LogP contribution in [0.4, 0.5) is 15.3 Å². The van der Waals surface area contributed by atoms with Crippen LogP contribution in [-0.2, 0) is 36.7 Å². The van der Waals surface area contributed by atoms with Gasteiger partial charge in [-0.05, 0) is 62.3 Å². The molecule has 2 radical (unpaired) electrons. The Labute approximate surface area is 318 Å². The first-order valence-corrected chi connectivity index (χ1v) is 19.2. The summed E-state index contributed by atoms with van der Waals surface area (Å²) < 4.78 is 10.9. The molecule has 4 aliphatic heterocycles. The van der Waals surface area contributed by atoms with Gasteiger partial charge in [0.15, 0.2) is 6.10 Å². The summed E-state index contributed by atoms with van der Waals surface area (Å²) in [6, 6.07) is 12.7. The van der Waals surface area contributed by atoms with Crippen LogP contribution in [0.25, 0.3) is 0 Å². The summed E-state index contributed by atoms with van der Waals surface area (Å²) in [7, 11) is 5.96. The van der Waals surface area contributed by atoms with Gasteiger partial charge in [-0.15, -0.1) is 0 Å². The second-order valence-electron chi connectivity index (χ2n) is 14.5. The fraction of sp³-hybridized carbons (Fsp3) is 0.564. The number of piperazine rings is 1. The van der Waals surface area contributed by atoms with E-state index >= 15 is 0 Å². The standard InChI is InChI=1S/C39H51BN6O8/c1-2-53-36(49)10-9-35(48)43-16-12-29(13-17-43)42-21-23-44(24-22-42)37(50)34(26-27-7-8-33(47)31(40)25-27)54-39(52)45-18-14-30(15-19-45)46-20-11-28-5-3-4-6-32(28)41-38(46)51/h3-8,25,29-30,34,47H,2,9-24,26H2,1H3,(H,41,51)/t34-/m1/s1. The molecule has 0 aliphatic carbocycles. The molecule has 0 aromatic heterocycles. The van der Waals surface area contributed by atoms with Crippen molar-refractivity contribution in [1.82, 2.24) is 24.5 Å². The lowest BCUT2D eigenvalue weighted by Gasteiger charge is -2.43. The van der Waals surface area contributed by atoms with Gasteiger partial charge < -0.3 is 39.5 Å². The van der Waals surface area contributed by atoms with Crippen molar-refractivity contribution in [1.29, 1.82) is 0 Å². The number of urea groups is 1. The molecular formula is C39H51BN6O8. The summed E-state index contributed by atoms with van der Waals surface area (Å²) in [5.41, 5.74) is 2.76. The van der Waals surface area contributed by atoms with Crippen LogP contribution in [0, 0.1) is 0 Å². The van der Waals surface area contributed by atoms with Crippen LogP contribution in [0.3, 0.4) is 0 Å². The zero-order chi connectivity index (χ0) is 38.2. The highest BCUT2D eigenvalue weighted by Gasteiger charge is 2.36. The number of esters is 1. The molecule has 5 amide bonds. The average Bonchev–Trinajstić information content (AvgIpc) is 3.36. The third kappa shape index (κ3) is 9.65. The smallest absolute Gasteiger partial charge is 0.410 e. The number of phenols is 1. The Balaban J connectivity index is 1.01. The molecule has 2 aromatic carbocycles.